The van der Waals surface area contributed by atoms with Gasteiger partial charge in [0.25, 0.3) is 0 Å². The molecule has 20 heavy (non-hydrogen) atoms. The highest BCUT2D eigenvalue weighted by Gasteiger charge is 2.16. The third kappa shape index (κ3) is 2.50. The van der Waals surface area contributed by atoms with E-state index in [2.05, 4.69) is 39.6 Å². The molecule has 1 aromatic carbocycles. The Kier molecular flexibility index (Phi) is 3.63. The molecule has 3 rings (SSSR count). The lowest BCUT2D eigenvalue weighted by Gasteiger charge is -2.22. The smallest absolute Gasteiger partial charge is 0.138 e. The topological polar surface area (TPSA) is 41.3 Å². The van der Waals surface area contributed by atoms with Crippen molar-refractivity contribution in [1.29, 1.82) is 0 Å². The van der Waals surface area contributed by atoms with Crippen molar-refractivity contribution in [3.05, 3.63) is 41.3 Å². The van der Waals surface area contributed by atoms with Crippen molar-refractivity contribution in [1.82, 2.24) is 5.16 Å². The number of aryl methyl sites for hydroxylation is 2. The van der Waals surface area contributed by atoms with Crippen molar-refractivity contribution in [2.45, 2.75) is 33.2 Å². The van der Waals surface area contributed by atoms with Crippen LogP contribution in [0.5, 0.6) is 0 Å². The molecule has 0 saturated carbocycles. The van der Waals surface area contributed by atoms with Crippen LogP contribution in [0.15, 0.2) is 28.8 Å². The van der Waals surface area contributed by atoms with Crippen LogP contribution < -0.4 is 10.2 Å². The van der Waals surface area contributed by atoms with Gasteiger partial charge in [-0.05, 0) is 38.8 Å². The number of nitrogens with zero attached hydrogens (tertiary/aromatic N) is 2. The minimum atomic E-state index is 0.756. The van der Waals surface area contributed by atoms with Gasteiger partial charge in [-0.3, -0.25) is 0 Å². The van der Waals surface area contributed by atoms with Crippen molar-refractivity contribution in [3.63, 3.8) is 0 Å². The second-order valence-corrected chi connectivity index (χ2v) is 5.37. The molecule has 0 radical (unpaired) electrons. The van der Waals surface area contributed by atoms with E-state index in [4.69, 9.17) is 4.52 Å². The molecule has 0 unspecified atom stereocenters. The zero-order chi connectivity index (χ0) is 13.9. The summed E-state index contributed by atoms with van der Waals surface area (Å²) in [5.74, 6) is 0.897. The van der Waals surface area contributed by atoms with Crippen LogP contribution in [0.4, 0.5) is 11.4 Å². The molecule has 4 nitrogen and oxygen atoms in total. The minimum Gasteiger partial charge on any atom is -0.379 e. The Bertz CT molecular complexity index is 566. The van der Waals surface area contributed by atoms with E-state index < -0.39 is 0 Å². The maximum Gasteiger partial charge on any atom is 0.138 e. The van der Waals surface area contributed by atoms with Gasteiger partial charge in [-0.15, -0.1) is 0 Å². The first-order valence-corrected chi connectivity index (χ1v) is 7.25. The summed E-state index contributed by atoms with van der Waals surface area (Å²) in [6.07, 6.45) is 2.58. The molecule has 1 fully saturated rings. The van der Waals surface area contributed by atoms with Crippen LogP contribution in [0.25, 0.3) is 0 Å². The maximum atomic E-state index is 5.21. The summed E-state index contributed by atoms with van der Waals surface area (Å²) in [7, 11) is 0. The van der Waals surface area contributed by atoms with Crippen LogP contribution in [0.3, 0.4) is 0 Å². The van der Waals surface area contributed by atoms with Gasteiger partial charge in [0.1, 0.15) is 5.76 Å². The summed E-state index contributed by atoms with van der Waals surface area (Å²) in [5.41, 5.74) is 4.61. The molecule has 0 bridgehead atoms. The number of hydrogen-bond acceptors (Lipinski definition) is 4. The van der Waals surface area contributed by atoms with E-state index in [-0.39, 0.29) is 0 Å². The molecule has 1 aliphatic rings. The Morgan fingerprint density at radius 2 is 1.95 bits per heavy atom. The maximum absolute atomic E-state index is 5.21. The summed E-state index contributed by atoms with van der Waals surface area (Å²) in [4.78, 5) is 2.45. The van der Waals surface area contributed by atoms with E-state index in [0.717, 1.165) is 36.7 Å². The molecule has 2 aromatic rings. The van der Waals surface area contributed by atoms with E-state index in [9.17, 15) is 0 Å². The molecule has 2 heterocycles. The van der Waals surface area contributed by atoms with Crippen molar-refractivity contribution >= 4 is 11.4 Å². The summed E-state index contributed by atoms with van der Waals surface area (Å²) in [5, 5.41) is 7.54. The van der Waals surface area contributed by atoms with Crippen LogP contribution in [0.2, 0.25) is 0 Å². The van der Waals surface area contributed by atoms with Crippen LogP contribution in [0, 0.1) is 13.8 Å². The van der Waals surface area contributed by atoms with Crippen molar-refractivity contribution in [2.24, 2.45) is 0 Å². The van der Waals surface area contributed by atoms with Crippen LogP contribution in [-0.2, 0) is 6.54 Å². The standard InChI is InChI=1S/C16H21N3O/c1-12-14(13(2)20-18-12)11-17-15-7-3-4-8-16(15)19-9-5-6-10-19/h3-4,7-8,17H,5-6,9-11H2,1-2H3. The van der Waals surface area contributed by atoms with Gasteiger partial charge in [-0.1, -0.05) is 17.3 Å². The molecular weight excluding hydrogens is 250 g/mol. The summed E-state index contributed by atoms with van der Waals surface area (Å²) in [6.45, 7) is 7.02. The Balaban J connectivity index is 1.77. The SMILES string of the molecule is Cc1noc(C)c1CNc1ccccc1N1CCCC1. The fraction of sp³-hybridized carbons (Fsp3) is 0.438. The predicted molar refractivity (Wildman–Crippen MR) is 81.2 cm³/mol. The summed E-state index contributed by atoms with van der Waals surface area (Å²) in [6, 6.07) is 8.52. The molecule has 0 amide bonds. The highest BCUT2D eigenvalue weighted by Crippen LogP contribution is 2.29. The summed E-state index contributed by atoms with van der Waals surface area (Å²) < 4.78 is 5.21. The second-order valence-electron chi connectivity index (χ2n) is 5.37. The molecule has 1 N–H and O–H groups in total. The number of para-hydroxylation sites is 2. The molecule has 0 atom stereocenters. The first kappa shape index (κ1) is 13.0. The van der Waals surface area contributed by atoms with Gasteiger partial charge in [0.15, 0.2) is 0 Å². The van der Waals surface area contributed by atoms with Gasteiger partial charge in [-0.25, -0.2) is 0 Å². The van der Waals surface area contributed by atoms with E-state index in [1.165, 1.54) is 24.2 Å². The third-order valence-electron chi connectivity index (χ3n) is 3.99. The van der Waals surface area contributed by atoms with E-state index in [1.54, 1.807) is 0 Å². The number of benzene rings is 1. The van der Waals surface area contributed by atoms with E-state index in [0.29, 0.717) is 0 Å². The van der Waals surface area contributed by atoms with Crippen LogP contribution >= 0.6 is 0 Å². The summed E-state index contributed by atoms with van der Waals surface area (Å²) >= 11 is 0. The molecule has 106 valence electrons. The molecule has 1 aliphatic heterocycles. The predicted octanol–water partition coefficient (Wildman–Crippen LogP) is 3.50. The normalized spacial score (nSPS) is 14.8. The molecular formula is C16H21N3O. The monoisotopic (exact) mass is 271 g/mol. The number of aromatic nitrogens is 1. The fourth-order valence-corrected chi connectivity index (χ4v) is 2.79. The molecule has 0 spiro atoms. The number of nitrogens with one attached hydrogen (secondary N) is 1. The lowest BCUT2D eigenvalue weighted by molar-refractivity contribution is 0.392. The van der Waals surface area contributed by atoms with E-state index >= 15 is 0 Å². The molecule has 4 heteroatoms. The van der Waals surface area contributed by atoms with Gasteiger partial charge in [-0.2, -0.15) is 0 Å². The number of rotatable bonds is 4. The third-order valence-corrected chi connectivity index (χ3v) is 3.99. The van der Waals surface area contributed by atoms with E-state index in [1.807, 2.05) is 13.8 Å². The Morgan fingerprint density at radius 1 is 1.20 bits per heavy atom. The minimum absolute atomic E-state index is 0.756. The zero-order valence-corrected chi connectivity index (χ0v) is 12.1. The highest BCUT2D eigenvalue weighted by atomic mass is 16.5. The van der Waals surface area contributed by atoms with Crippen LogP contribution in [0.1, 0.15) is 29.9 Å². The molecule has 1 aromatic heterocycles. The average Bonchev–Trinajstić information content (AvgIpc) is 3.09. The van der Waals surface area contributed by atoms with Gasteiger partial charge >= 0.3 is 0 Å². The largest absolute Gasteiger partial charge is 0.379 e. The Hall–Kier alpha value is -1.97. The first-order valence-electron chi connectivity index (χ1n) is 7.25. The Morgan fingerprint density at radius 3 is 2.65 bits per heavy atom. The van der Waals surface area contributed by atoms with Crippen molar-refractivity contribution < 1.29 is 4.52 Å². The lowest BCUT2D eigenvalue weighted by atomic mass is 10.2. The van der Waals surface area contributed by atoms with Gasteiger partial charge in [0.2, 0.25) is 0 Å². The zero-order valence-electron chi connectivity index (χ0n) is 12.1. The van der Waals surface area contributed by atoms with Gasteiger partial charge < -0.3 is 14.7 Å². The number of hydrogen-bond donors (Lipinski definition) is 1. The van der Waals surface area contributed by atoms with Crippen LogP contribution in [-0.4, -0.2) is 18.2 Å². The fourth-order valence-electron chi connectivity index (χ4n) is 2.79. The quantitative estimate of drug-likeness (QED) is 0.924. The lowest BCUT2D eigenvalue weighted by Crippen LogP contribution is -2.19. The number of anilines is 2. The molecule has 1 saturated heterocycles. The van der Waals surface area contributed by atoms with Gasteiger partial charge in [0.05, 0.1) is 17.1 Å². The molecule has 0 aliphatic carbocycles. The highest BCUT2D eigenvalue weighted by molar-refractivity contribution is 5.70. The van der Waals surface area contributed by atoms with Crippen molar-refractivity contribution in [3.8, 4) is 0 Å². The first-order chi connectivity index (χ1) is 9.75. The Labute approximate surface area is 119 Å². The van der Waals surface area contributed by atoms with Crippen molar-refractivity contribution in [2.75, 3.05) is 23.3 Å². The second kappa shape index (κ2) is 5.57. The van der Waals surface area contributed by atoms with Gasteiger partial charge in [0, 0.05) is 25.2 Å². The average molecular weight is 271 g/mol.